The molecule has 104 valence electrons. The molecule has 1 aliphatic heterocycles. The number of likely N-dealkylation sites (tertiary alicyclic amines) is 1. The van der Waals surface area contributed by atoms with Gasteiger partial charge >= 0.3 is 0 Å². The smallest absolute Gasteiger partial charge is 0.270 e. The molecule has 19 heavy (non-hydrogen) atoms. The molecule has 0 aliphatic carbocycles. The molecular formula is C14H20N2O3. The summed E-state index contributed by atoms with van der Waals surface area (Å²) in [6.45, 7) is 5.83. The number of aromatic amines is 1. The Labute approximate surface area is 112 Å². The summed E-state index contributed by atoms with van der Waals surface area (Å²) in [5.41, 5.74) is 0.948. The van der Waals surface area contributed by atoms with Crippen LogP contribution in [0.25, 0.3) is 0 Å². The highest BCUT2D eigenvalue weighted by molar-refractivity contribution is 5.92. The Morgan fingerprint density at radius 3 is 2.68 bits per heavy atom. The van der Waals surface area contributed by atoms with E-state index in [0.29, 0.717) is 31.1 Å². The Morgan fingerprint density at radius 1 is 1.42 bits per heavy atom. The fraction of sp³-hybridized carbons (Fsp3) is 0.571. The normalized spacial score (nSPS) is 16.6. The Kier molecular flexibility index (Phi) is 4.37. The molecule has 0 radical (unpaired) electrons. The van der Waals surface area contributed by atoms with Crippen LogP contribution in [0.4, 0.5) is 0 Å². The van der Waals surface area contributed by atoms with Gasteiger partial charge in [-0.2, -0.15) is 0 Å². The number of aryl methyl sites for hydroxylation is 1. The highest BCUT2D eigenvalue weighted by Crippen LogP contribution is 2.15. The van der Waals surface area contributed by atoms with Gasteiger partial charge < -0.3 is 14.6 Å². The van der Waals surface area contributed by atoms with Crippen molar-refractivity contribution in [3.8, 4) is 0 Å². The monoisotopic (exact) mass is 264 g/mol. The quantitative estimate of drug-likeness (QED) is 0.895. The van der Waals surface area contributed by atoms with Crippen molar-refractivity contribution < 1.29 is 9.53 Å². The number of rotatable bonds is 3. The Hall–Kier alpha value is -1.62. The fourth-order valence-electron chi connectivity index (χ4n) is 2.43. The van der Waals surface area contributed by atoms with Crippen LogP contribution >= 0.6 is 0 Å². The highest BCUT2D eigenvalue weighted by Gasteiger charge is 2.24. The van der Waals surface area contributed by atoms with E-state index in [-0.39, 0.29) is 17.4 Å². The lowest BCUT2D eigenvalue weighted by atomic mass is 10.1. The van der Waals surface area contributed by atoms with E-state index in [9.17, 15) is 9.59 Å². The molecule has 5 heteroatoms. The summed E-state index contributed by atoms with van der Waals surface area (Å²) in [7, 11) is 0. The van der Waals surface area contributed by atoms with Crippen LogP contribution in [0.2, 0.25) is 0 Å². The van der Waals surface area contributed by atoms with Gasteiger partial charge in [-0.1, -0.05) is 0 Å². The molecule has 0 saturated carbocycles. The Bertz CT molecular complexity index is 502. The lowest BCUT2D eigenvalue weighted by molar-refractivity contribution is 0.0144. The van der Waals surface area contributed by atoms with Crippen LogP contribution < -0.4 is 5.43 Å². The van der Waals surface area contributed by atoms with Gasteiger partial charge in [0.05, 0.1) is 6.10 Å². The number of pyridine rings is 1. The molecule has 0 atom stereocenters. The van der Waals surface area contributed by atoms with Gasteiger partial charge in [-0.05, 0) is 26.7 Å². The highest BCUT2D eigenvalue weighted by atomic mass is 16.5. The van der Waals surface area contributed by atoms with Gasteiger partial charge in [0, 0.05) is 37.5 Å². The number of carbonyl (C=O) groups is 1. The third-order valence-corrected chi connectivity index (χ3v) is 3.34. The molecule has 1 fully saturated rings. The third kappa shape index (κ3) is 3.44. The predicted octanol–water partition coefficient (Wildman–Crippen LogP) is 1.32. The second-order valence-corrected chi connectivity index (χ2v) is 4.86. The number of nitrogens with zero attached hydrogens (tertiary/aromatic N) is 1. The number of H-pyrrole nitrogens is 1. The van der Waals surface area contributed by atoms with E-state index in [0.717, 1.165) is 12.8 Å². The molecule has 2 rings (SSSR count). The van der Waals surface area contributed by atoms with Gasteiger partial charge in [0.25, 0.3) is 5.91 Å². The van der Waals surface area contributed by atoms with Crippen molar-refractivity contribution in [2.45, 2.75) is 32.8 Å². The molecule has 1 aliphatic rings. The Balaban J connectivity index is 2.03. The van der Waals surface area contributed by atoms with E-state index < -0.39 is 0 Å². The molecule has 2 heterocycles. The molecule has 1 aromatic heterocycles. The van der Waals surface area contributed by atoms with Crippen molar-refractivity contribution in [1.29, 1.82) is 0 Å². The van der Waals surface area contributed by atoms with Crippen LogP contribution in [-0.4, -0.2) is 41.6 Å². The molecule has 1 saturated heterocycles. The van der Waals surface area contributed by atoms with Gasteiger partial charge in [-0.15, -0.1) is 0 Å². The first-order valence-corrected chi connectivity index (χ1v) is 6.72. The van der Waals surface area contributed by atoms with Crippen LogP contribution in [0.5, 0.6) is 0 Å². The van der Waals surface area contributed by atoms with Crippen LogP contribution in [0.1, 0.15) is 35.9 Å². The minimum absolute atomic E-state index is 0.101. The Morgan fingerprint density at radius 2 is 2.11 bits per heavy atom. The minimum Gasteiger partial charge on any atom is -0.378 e. The van der Waals surface area contributed by atoms with Crippen LogP contribution in [0, 0.1) is 6.92 Å². The first-order chi connectivity index (χ1) is 9.10. The standard InChI is InChI=1S/C14H20N2O3/c1-3-19-12-4-6-16(7-5-12)14(18)13-9-11(17)8-10(2)15-13/h8-9,12H,3-7H2,1-2H3,(H,15,17). The van der Waals surface area contributed by atoms with Crippen molar-refractivity contribution in [3.63, 3.8) is 0 Å². The van der Waals surface area contributed by atoms with Crippen molar-refractivity contribution in [2.75, 3.05) is 19.7 Å². The van der Waals surface area contributed by atoms with Crippen LogP contribution in [0.15, 0.2) is 16.9 Å². The van der Waals surface area contributed by atoms with E-state index in [4.69, 9.17) is 4.74 Å². The second-order valence-electron chi connectivity index (χ2n) is 4.86. The maximum atomic E-state index is 12.3. The summed E-state index contributed by atoms with van der Waals surface area (Å²) in [6.07, 6.45) is 1.97. The molecule has 1 N–H and O–H groups in total. The van der Waals surface area contributed by atoms with E-state index in [1.807, 2.05) is 6.92 Å². The zero-order chi connectivity index (χ0) is 13.8. The molecule has 0 bridgehead atoms. The van der Waals surface area contributed by atoms with E-state index in [1.165, 1.54) is 12.1 Å². The maximum absolute atomic E-state index is 12.3. The van der Waals surface area contributed by atoms with Gasteiger partial charge in [0.15, 0.2) is 5.43 Å². The largest absolute Gasteiger partial charge is 0.378 e. The number of aromatic nitrogens is 1. The zero-order valence-corrected chi connectivity index (χ0v) is 11.4. The number of ether oxygens (including phenoxy) is 1. The average Bonchev–Trinajstić information content (AvgIpc) is 2.38. The lowest BCUT2D eigenvalue weighted by Gasteiger charge is -2.31. The maximum Gasteiger partial charge on any atom is 0.270 e. The molecular weight excluding hydrogens is 244 g/mol. The number of nitrogens with one attached hydrogen (secondary N) is 1. The second kappa shape index (κ2) is 6.02. The van der Waals surface area contributed by atoms with Gasteiger partial charge in [0.1, 0.15) is 5.69 Å². The topological polar surface area (TPSA) is 62.4 Å². The number of carbonyl (C=O) groups excluding carboxylic acids is 1. The van der Waals surface area contributed by atoms with Gasteiger partial charge in [-0.25, -0.2) is 0 Å². The summed E-state index contributed by atoms with van der Waals surface area (Å²) in [5, 5.41) is 0. The van der Waals surface area contributed by atoms with Crippen molar-refractivity contribution in [1.82, 2.24) is 9.88 Å². The van der Waals surface area contributed by atoms with Crippen molar-refractivity contribution in [3.05, 3.63) is 33.7 Å². The SMILES string of the molecule is CCOC1CCN(C(=O)c2cc(=O)cc(C)[nH]2)CC1. The average molecular weight is 264 g/mol. The number of piperidine rings is 1. The summed E-state index contributed by atoms with van der Waals surface area (Å²) < 4.78 is 5.56. The van der Waals surface area contributed by atoms with Gasteiger partial charge in [-0.3, -0.25) is 9.59 Å². The minimum atomic E-state index is -0.135. The summed E-state index contributed by atoms with van der Waals surface area (Å²) >= 11 is 0. The molecule has 0 spiro atoms. The summed E-state index contributed by atoms with van der Waals surface area (Å²) in [6, 6.07) is 2.85. The first kappa shape index (κ1) is 13.8. The summed E-state index contributed by atoms with van der Waals surface area (Å²) in [4.78, 5) is 28.4. The third-order valence-electron chi connectivity index (χ3n) is 3.34. The zero-order valence-electron chi connectivity index (χ0n) is 11.4. The molecule has 5 nitrogen and oxygen atoms in total. The fourth-order valence-corrected chi connectivity index (χ4v) is 2.43. The summed E-state index contributed by atoms with van der Waals surface area (Å²) in [5.74, 6) is -0.101. The predicted molar refractivity (Wildman–Crippen MR) is 72.4 cm³/mol. The van der Waals surface area contributed by atoms with E-state index in [2.05, 4.69) is 4.98 Å². The number of amides is 1. The van der Waals surface area contributed by atoms with Crippen molar-refractivity contribution >= 4 is 5.91 Å². The van der Waals surface area contributed by atoms with Crippen LogP contribution in [-0.2, 0) is 4.74 Å². The molecule has 1 amide bonds. The first-order valence-electron chi connectivity index (χ1n) is 6.72. The van der Waals surface area contributed by atoms with E-state index >= 15 is 0 Å². The lowest BCUT2D eigenvalue weighted by Crippen LogP contribution is -2.41. The van der Waals surface area contributed by atoms with E-state index in [1.54, 1.807) is 11.8 Å². The number of hydrogen-bond acceptors (Lipinski definition) is 3. The number of hydrogen-bond donors (Lipinski definition) is 1. The molecule has 0 unspecified atom stereocenters. The van der Waals surface area contributed by atoms with Crippen molar-refractivity contribution in [2.24, 2.45) is 0 Å². The van der Waals surface area contributed by atoms with Gasteiger partial charge in [0.2, 0.25) is 0 Å². The van der Waals surface area contributed by atoms with Crippen LogP contribution in [0.3, 0.4) is 0 Å². The molecule has 0 aromatic carbocycles. The molecule has 1 aromatic rings.